The number of aryl methyl sites for hydroxylation is 1. The molecular formula is C10H9N3O3S. The molecule has 0 aliphatic carbocycles. The molecule has 2 aromatic rings. The summed E-state index contributed by atoms with van der Waals surface area (Å²) in [5.41, 5.74) is -0.0302. The first-order chi connectivity index (χ1) is 8.09. The molecule has 0 unspecified atom stereocenters. The summed E-state index contributed by atoms with van der Waals surface area (Å²) in [6.45, 7) is 0. The number of carbonyl (C=O) groups excluding carboxylic acids is 1. The second-order valence-electron chi connectivity index (χ2n) is 3.27. The maximum Gasteiger partial charge on any atom is 0.341 e. The molecule has 17 heavy (non-hydrogen) atoms. The average molecular weight is 251 g/mol. The summed E-state index contributed by atoms with van der Waals surface area (Å²) < 4.78 is 1.31. The van der Waals surface area contributed by atoms with Crippen molar-refractivity contribution in [1.82, 2.24) is 9.78 Å². The zero-order valence-corrected chi connectivity index (χ0v) is 9.69. The van der Waals surface area contributed by atoms with Gasteiger partial charge in [-0.1, -0.05) is 6.07 Å². The molecule has 0 aliphatic heterocycles. The van der Waals surface area contributed by atoms with Gasteiger partial charge in [-0.3, -0.25) is 9.48 Å². The number of hydrogen-bond donors (Lipinski definition) is 2. The molecule has 0 radical (unpaired) electrons. The van der Waals surface area contributed by atoms with Crippen molar-refractivity contribution in [2.24, 2.45) is 7.05 Å². The highest BCUT2D eigenvalue weighted by Crippen LogP contribution is 2.16. The molecule has 0 saturated heterocycles. The summed E-state index contributed by atoms with van der Waals surface area (Å²) >= 11 is 1.28. The highest BCUT2D eigenvalue weighted by molar-refractivity contribution is 7.12. The number of aromatic carboxylic acids is 1. The van der Waals surface area contributed by atoms with E-state index in [4.69, 9.17) is 5.11 Å². The number of hydrogen-bond acceptors (Lipinski definition) is 4. The van der Waals surface area contributed by atoms with E-state index < -0.39 is 5.97 Å². The van der Waals surface area contributed by atoms with Gasteiger partial charge < -0.3 is 10.4 Å². The zero-order chi connectivity index (χ0) is 12.4. The van der Waals surface area contributed by atoms with Crippen LogP contribution in [0, 0.1) is 0 Å². The number of carboxylic acids is 1. The number of carbonyl (C=O) groups is 2. The third-order valence-electron chi connectivity index (χ3n) is 2.15. The first kappa shape index (κ1) is 11.3. The molecule has 0 spiro atoms. The number of carboxylic acid groups (broad SMARTS) is 1. The predicted molar refractivity (Wildman–Crippen MR) is 62.4 cm³/mol. The van der Waals surface area contributed by atoms with Gasteiger partial charge in [0.05, 0.1) is 11.1 Å². The number of nitrogens with one attached hydrogen (secondary N) is 1. The van der Waals surface area contributed by atoms with E-state index in [0.717, 1.165) is 0 Å². The summed E-state index contributed by atoms with van der Waals surface area (Å²) in [7, 11) is 1.57. The number of amides is 1. The first-order valence-corrected chi connectivity index (χ1v) is 5.57. The van der Waals surface area contributed by atoms with E-state index in [9.17, 15) is 9.59 Å². The number of rotatable bonds is 3. The molecule has 0 atom stereocenters. The van der Waals surface area contributed by atoms with Crippen LogP contribution in [-0.2, 0) is 7.05 Å². The third kappa shape index (κ3) is 2.18. The Kier molecular flexibility index (Phi) is 2.92. The second kappa shape index (κ2) is 4.38. The zero-order valence-electron chi connectivity index (χ0n) is 8.88. The fraction of sp³-hybridized carbons (Fsp3) is 0.100. The minimum atomic E-state index is -1.13. The smallest absolute Gasteiger partial charge is 0.341 e. The van der Waals surface area contributed by atoms with Gasteiger partial charge in [-0.2, -0.15) is 5.10 Å². The number of thiophene rings is 1. The van der Waals surface area contributed by atoms with Crippen LogP contribution in [0.4, 0.5) is 5.82 Å². The van der Waals surface area contributed by atoms with Gasteiger partial charge in [-0.05, 0) is 11.4 Å². The van der Waals surface area contributed by atoms with E-state index in [0.29, 0.717) is 4.88 Å². The van der Waals surface area contributed by atoms with Gasteiger partial charge in [0.2, 0.25) is 0 Å². The normalized spacial score (nSPS) is 10.2. The molecule has 2 heterocycles. The van der Waals surface area contributed by atoms with Crippen LogP contribution in [0.5, 0.6) is 0 Å². The molecule has 0 fully saturated rings. The molecule has 0 aromatic carbocycles. The molecule has 7 heteroatoms. The van der Waals surface area contributed by atoms with Crippen LogP contribution in [0.1, 0.15) is 20.0 Å². The van der Waals surface area contributed by atoms with Gasteiger partial charge in [0.1, 0.15) is 11.4 Å². The Morgan fingerprint density at radius 3 is 2.88 bits per heavy atom. The number of aromatic nitrogens is 2. The lowest BCUT2D eigenvalue weighted by molar-refractivity contribution is 0.0698. The number of anilines is 1. The van der Waals surface area contributed by atoms with Gasteiger partial charge >= 0.3 is 5.97 Å². The molecule has 88 valence electrons. The van der Waals surface area contributed by atoms with E-state index >= 15 is 0 Å². The molecule has 0 bridgehead atoms. The lowest BCUT2D eigenvalue weighted by Crippen LogP contribution is -2.15. The fourth-order valence-electron chi connectivity index (χ4n) is 1.32. The summed E-state index contributed by atoms with van der Waals surface area (Å²) in [6.07, 6.45) is 1.20. The Morgan fingerprint density at radius 1 is 1.53 bits per heavy atom. The second-order valence-corrected chi connectivity index (χ2v) is 4.21. The Morgan fingerprint density at radius 2 is 2.29 bits per heavy atom. The molecule has 2 N–H and O–H groups in total. The van der Waals surface area contributed by atoms with Crippen LogP contribution >= 0.6 is 11.3 Å². The Balaban J connectivity index is 2.27. The van der Waals surface area contributed by atoms with Crippen molar-refractivity contribution in [1.29, 1.82) is 0 Å². The van der Waals surface area contributed by atoms with Crippen molar-refractivity contribution in [3.63, 3.8) is 0 Å². The molecule has 0 saturated carbocycles. The summed E-state index contributed by atoms with van der Waals surface area (Å²) in [5.74, 6) is -1.29. The van der Waals surface area contributed by atoms with Crippen LogP contribution in [0.2, 0.25) is 0 Å². The molecule has 1 amide bonds. The minimum absolute atomic E-state index is 0.0302. The van der Waals surface area contributed by atoms with Crippen molar-refractivity contribution >= 4 is 29.0 Å². The highest BCUT2D eigenvalue weighted by atomic mass is 32.1. The van der Waals surface area contributed by atoms with Gasteiger partial charge in [0, 0.05) is 7.05 Å². The minimum Gasteiger partial charge on any atom is -0.477 e. The Bertz CT molecular complexity index is 559. The van der Waals surface area contributed by atoms with Crippen LogP contribution < -0.4 is 5.32 Å². The van der Waals surface area contributed by atoms with E-state index in [2.05, 4.69) is 10.4 Å². The monoisotopic (exact) mass is 251 g/mol. The largest absolute Gasteiger partial charge is 0.477 e. The molecule has 2 rings (SSSR count). The van der Waals surface area contributed by atoms with Gasteiger partial charge in [0.25, 0.3) is 5.91 Å². The average Bonchev–Trinajstić information content (AvgIpc) is 2.89. The molecule has 6 nitrogen and oxygen atoms in total. The van der Waals surface area contributed by atoms with Crippen molar-refractivity contribution in [2.45, 2.75) is 0 Å². The van der Waals surface area contributed by atoms with E-state index in [1.54, 1.807) is 24.6 Å². The third-order valence-corrected chi connectivity index (χ3v) is 3.01. The van der Waals surface area contributed by atoms with Gasteiger partial charge in [-0.25, -0.2) is 4.79 Å². The Labute approximate surface area is 100 Å². The number of nitrogens with zero attached hydrogens (tertiary/aromatic N) is 2. The lowest BCUT2D eigenvalue weighted by Gasteiger charge is -2.05. The van der Waals surface area contributed by atoms with Crippen molar-refractivity contribution in [3.8, 4) is 0 Å². The lowest BCUT2D eigenvalue weighted by atomic mass is 10.3. The van der Waals surface area contributed by atoms with Gasteiger partial charge in [0.15, 0.2) is 0 Å². The summed E-state index contributed by atoms with van der Waals surface area (Å²) in [5, 5.41) is 17.0. The van der Waals surface area contributed by atoms with Crippen LogP contribution in [0.15, 0.2) is 23.7 Å². The molecular weight excluding hydrogens is 242 g/mol. The fourth-order valence-corrected chi connectivity index (χ4v) is 1.94. The quantitative estimate of drug-likeness (QED) is 0.864. The Hall–Kier alpha value is -2.15. The SMILES string of the molecule is Cn1ncc(C(=O)O)c1NC(=O)c1cccs1. The summed E-state index contributed by atoms with van der Waals surface area (Å²) in [4.78, 5) is 23.2. The van der Waals surface area contributed by atoms with Crippen LogP contribution in [0.25, 0.3) is 0 Å². The van der Waals surface area contributed by atoms with E-state index in [1.807, 2.05) is 0 Å². The standard InChI is InChI=1S/C10H9N3O3S/c1-13-8(6(5-11-13)10(15)16)12-9(14)7-3-2-4-17-7/h2-5H,1H3,(H,12,14)(H,15,16). The van der Waals surface area contributed by atoms with Crippen molar-refractivity contribution < 1.29 is 14.7 Å². The van der Waals surface area contributed by atoms with Gasteiger partial charge in [-0.15, -0.1) is 11.3 Å². The predicted octanol–water partition coefficient (Wildman–Crippen LogP) is 1.43. The summed E-state index contributed by atoms with van der Waals surface area (Å²) in [6, 6.07) is 3.41. The maximum absolute atomic E-state index is 11.8. The topological polar surface area (TPSA) is 84.2 Å². The first-order valence-electron chi connectivity index (χ1n) is 4.69. The van der Waals surface area contributed by atoms with Crippen molar-refractivity contribution in [2.75, 3.05) is 5.32 Å². The maximum atomic E-state index is 11.8. The molecule has 2 aromatic heterocycles. The highest BCUT2D eigenvalue weighted by Gasteiger charge is 2.18. The van der Waals surface area contributed by atoms with E-state index in [-0.39, 0.29) is 17.3 Å². The van der Waals surface area contributed by atoms with Crippen molar-refractivity contribution in [3.05, 3.63) is 34.2 Å². The molecule has 0 aliphatic rings. The van der Waals surface area contributed by atoms with Crippen LogP contribution in [-0.4, -0.2) is 26.8 Å². The van der Waals surface area contributed by atoms with Crippen LogP contribution in [0.3, 0.4) is 0 Å². The van der Waals surface area contributed by atoms with E-state index in [1.165, 1.54) is 22.2 Å².